The third kappa shape index (κ3) is 6.29. The molecule has 1 atom stereocenters. The molecule has 3 N–H and O–H groups in total. The molecule has 1 unspecified atom stereocenters. The van der Waals surface area contributed by atoms with Gasteiger partial charge in [-0.2, -0.15) is 0 Å². The van der Waals surface area contributed by atoms with E-state index < -0.39 is 0 Å². The van der Waals surface area contributed by atoms with Crippen LogP contribution in [0.5, 0.6) is 0 Å². The van der Waals surface area contributed by atoms with E-state index in [0.717, 1.165) is 38.8 Å². The van der Waals surface area contributed by atoms with Crippen molar-refractivity contribution in [1.29, 1.82) is 0 Å². The van der Waals surface area contributed by atoms with E-state index >= 15 is 0 Å². The van der Waals surface area contributed by atoms with E-state index in [1.54, 1.807) is 6.07 Å². The largest absolute Gasteiger partial charge is 0.396 e. The van der Waals surface area contributed by atoms with Gasteiger partial charge in [-0.25, -0.2) is 4.98 Å². The molecule has 0 saturated carbocycles. The maximum Gasteiger partial charge on any atom is 0.147 e. The monoisotopic (exact) mass is 333 g/mol. The van der Waals surface area contributed by atoms with Crippen molar-refractivity contribution in [3.8, 4) is 0 Å². The second kappa shape index (κ2) is 10.1. The first kappa shape index (κ1) is 18.3. The molecule has 4 nitrogen and oxygen atoms in total. The van der Waals surface area contributed by atoms with Crippen molar-refractivity contribution in [2.24, 2.45) is 5.92 Å². The van der Waals surface area contributed by atoms with Crippen molar-refractivity contribution in [3.63, 3.8) is 0 Å². The molecule has 0 fully saturated rings. The number of anilines is 2. The fourth-order valence-corrected chi connectivity index (χ4v) is 2.63. The summed E-state index contributed by atoms with van der Waals surface area (Å²) in [5, 5.41) is 16.6. The van der Waals surface area contributed by atoms with E-state index in [-0.39, 0.29) is 6.61 Å². The lowest BCUT2D eigenvalue weighted by Crippen LogP contribution is -2.17. The van der Waals surface area contributed by atoms with E-state index in [0.29, 0.717) is 27.6 Å². The molecule has 0 spiro atoms. The van der Waals surface area contributed by atoms with Gasteiger partial charge >= 0.3 is 0 Å². The van der Waals surface area contributed by atoms with Crippen LogP contribution in [0.15, 0.2) is 6.07 Å². The van der Waals surface area contributed by atoms with Crippen molar-refractivity contribution < 1.29 is 5.11 Å². The zero-order valence-corrected chi connectivity index (χ0v) is 14.3. The van der Waals surface area contributed by atoms with Crippen molar-refractivity contribution in [3.05, 3.63) is 16.1 Å². The second-order valence-corrected chi connectivity index (χ2v) is 5.94. The Morgan fingerprint density at radius 2 is 1.76 bits per heavy atom. The number of aliphatic hydroxyl groups is 1. The van der Waals surface area contributed by atoms with E-state index in [9.17, 15) is 0 Å². The van der Waals surface area contributed by atoms with Gasteiger partial charge in [-0.15, -0.1) is 0 Å². The Morgan fingerprint density at radius 1 is 1.10 bits per heavy atom. The van der Waals surface area contributed by atoms with Crippen LogP contribution in [-0.2, 0) is 0 Å². The van der Waals surface area contributed by atoms with E-state index in [1.165, 1.54) is 0 Å². The zero-order valence-electron chi connectivity index (χ0n) is 12.8. The van der Waals surface area contributed by atoms with Crippen molar-refractivity contribution in [2.45, 2.75) is 39.5 Å². The number of nitrogens with zero attached hydrogens (tertiary/aromatic N) is 1. The van der Waals surface area contributed by atoms with Gasteiger partial charge in [-0.1, -0.05) is 43.5 Å². The summed E-state index contributed by atoms with van der Waals surface area (Å²) in [6.07, 6.45) is 3.95. The predicted octanol–water partition coefficient (Wildman–Crippen LogP) is 4.42. The Bertz CT molecular complexity index is 424. The van der Waals surface area contributed by atoms with Gasteiger partial charge in [-0.05, 0) is 31.2 Å². The lowest BCUT2D eigenvalue weighted by Gasteiger charge is -2.17. The molecule has 120 valence electrons. The highest BCUT2D eigenvalue weighted by Gasteiger charge is 2.12. The molecule has 6 heteroatoms. The van der Waals surface area contributed by atoms with Crippen LogP contribution < -0.4 is 10.6 Å². The number of halogens is 2. The Hall–Kier alpha value is -0.710. The zero-order chi connectivity index (χ0) is 15.7. The number of aliphatic hydroxyl groups excluding tert-OH is 1. The molecule has 1 aromatic rings. The van der Waals surface area contributed by atoms with Crippen LogP contribution in [0.1, 0.15) is 39.5 Å². The SMILES string of the molecule is CCCNc1nc(NCC(CCC)CCO)c(Cl)cc1Cl. The molecule has 0 aliphatic heterocycles. The smallest absolute Gasteiger partial charge is 0.147 e. The first-order valence-corrected chi connectivity index (χ1v) is 8.32. The number of pyridine rings is 1. The van der Waals surface area contributed by atoms with Gasteiger partial charge in [0, 0.05) is 19.7 Å². The normalized spacial score (nSPS) is 12.2. The fourth-order valence-electron chi connectivity index (χ4n) is 2.14. The van der Waals surface area contributed by atoms with Crippen molar-refractivity contribution in [2.75, 3.05) is 30.3 Å². The van der Waals surface area contributed by atoms with Gasteiger partial charge in [0.15, 0.2) is 0 Å². The Labute approximate surface area is 137 Å². The predicted molar refractivity (Wildman–Crippen MR) is 91.6 cm³/mol. The Balaban J connectivity index is 2.72. The van der Waals surface area contributed by atoms with Crippen LogP contribution >= 0.6 is 23.2 Å². The van der Waals surface area contributed by atoms with E-state index in [2.05, 4.69) is 29.5 Å². The highest BCUT2D eigenvalue weighted by atomic mass is 35.5. The molecule has 0 aliphatic rings. The van der Waals surface area contributed by atoms with Crippen LogP contribution in [0, 0.1) is 5.92 Å². The van der Waals surface area contributed by atoms with Gasteiger partial charge in [0.25, 0.3) is 0 Å². The quantitative estimate of drug-likeness (QED) is 0.593. The molecule has 21 heavy (non-hydrogen) atoms. The Kier molecular flexibility index (Phi) is 8.81. The topological polar surface area (TPSA) is 57.2 Å². The number of nitrogens with one attached hydrogen (secondary N) is 2. The molecule has 0 aliphatic carbocycles. The summed E-state index contributed by atoms with van der Waals surface area (Å²) < 4.78 is 0. The lowest BCUT2D eigenvalue weighted by molar-refractivity contribution is 0.255. The summed E-state index contributed by atoms with van der Waals surface area (Å²) in [6.45, 7) is 6.00. The Morgan fingerprint density at radius 3 is 2.33 bits per heavy atom. The summed E-state index contributed by atoms with van der Waals surface area (Å²) in [4.78, 5) is 4.45. The van der Waals surface area contributed by atoms with Crippen LogP contribution in [0.2, 0.25) is 10.0 Å². The van der Waals surface area contributed by atoms with Crippen LogP contribution in [-0.4, -0.2) is 29.8 Å². The van der Waals surface area contributed by atoms with Gasteiger partial charge < -0.3 is 15.7 Å². The summed E-state index contributed by atoms with van der Waals surface area (Å²) in [6, 6.07) is 1.71. The average Bonchev–Trinajstić information content (AvgIpc) is 2.45. The highest BCUT2D eigenvalue weighted by Crippen LogP contribution is 2.29. The van der Waals surface area contributed by atoms with E-state index in [4.69, 9.17) is 28.3 Å². The summed E-state index contributed by atoms with van der Waals surface area (Å²) in [5.41, 5.74) is 0. The number of hydrogen-bond acceptors (Lipinski definition) is 4. The molecule has 1 heterocycles. The summed E-state index contributed by atoms with van der Waals surface area (Å²) in [7, 11) is 0. The van der Waals surface area contributed by atoms with Crippen LogP contribution in [0.4, 0.5) is 11.6 Å². The van der Waals surface area contributed by atoms with Gasteiger partial charge in [0.05, 0.1) is 10.0 Å². The third-order valence-corrected chi connectivity index (χ3v) is 3.84. The minimum Gasteiger partial charge on any atom is -0.396 e. The minimum absolute atomic E-state index is 0.206. The van der Waals surface area contributed by atoms with Gasteiger partial charge in [-0.3, -0.25) is 0 Å². The molecule has 0 radical (unpaired) electrons. The van der Waals surface area contributed by atoms with Crippen LogP contribution in [0.3, 0.4) is 0 Å². The number of rotatable bonds is 10. The second-order valence-electron chi connectivity index (χ2n) is 5.12. The fraction of sp³-hybridized carbons (Fsp3) is 0.667. The third-order valence-electron chi connectivity index (χ3n) is 3.26. The van der Waals surface area contributed by atoms with E-state index in [1.807, 2.05) is 0 Å². The van der Waals surface area contributed by atoms with Gasteiger partial charge in [0.2, 0.25) is 0 Å². The minimum atomic E-state index is 0.206. The average molecular weight is 334 g/mol. The van der Waals surface area contributed by atoms with Gasteiger partial charge in [0.1, 0.15) is 11.6 Å². The molecule has 0 bridgehead atoms. The molecule has 1 aromatic heterocycles. The maximum absolute atomic E-state index is 9.10. The van der Waals surface area contributed by atoms with Crippen molar-refractivity contribution >= 4 is 34.8 Å². The molecular weight excluding hydrogens is 309 g/mol. The summed E-state index contributed by atoms with van der Waals surface area (Å²) >= 11 is 12.3. The number of hydrogen-bond donors (Lipinski definition) is 3. The maximum atomic E-state index is 9.10. The standard InChI is InChI=1S/C15H25Cl2N3O/c1-3-5-11(6-8-21)10-19-15-13(17)9-12(16)14(20-15)18-7-4-2/h9,11,21H,3-8,10H2,1-2H3,(H2,18,19,20). The number of aromatic nitrogens is 1. The summed E-state index contributed by atoms with van der Waals surface area (Å²) in [5.74, 6) is 1.71. The highest BCUT2D eigenvalue weighted by molar-refractivity contribution is 6.37. The molecular formula is C15H25Cl2N3O. The molecule has 0 amide bonds. The molecule has 0 aromatic carbocycles. The van der Waals surface area contributed by atoms with Crippen molar-refractivity contribution in [1.82, 2.24) is 4.98 Å². The first-order valence-electron chi connectivity index (χ1n) is 7.56. The lowest BCUT2D eigenvalue weighted by atomic mass is 10.0. The molecule has 1 rings (SSSR count). The van der Waals surface area contributed by atoms with Crippen LogP contribution in [0.25, 0.3) is 0 Å². The molecule has 0 saturated heterocycles. The first-order chi connectivity index (χ1) is 10.1.